The highest BCUT2D eigenvalue weighted by molar-refractivity contribution is 14.0. The lowest BCUT2D eigenvalue weighted by atomic mass is 9.91. The van der Waals surface area contributed by atoms with Gasteiger partial charge in [0.2, 0.25) is 5.91 Å². The summed E-state index contributed by atoms with van der Waals surface area (Å²) in [6, 6.07) is 11.6. The first-order chi connectivity index (χ1) is 14.1. The summed E-state index contributed by atoms with van der Waals surface area (Å²) in [5.74, 6) is -0.646. The fourth-order valence-corrected chi connectivity index (χ4v) is 3.90. The summed E-state index contributed by atoms with van der Waals surface area (Å²) in [5.41, 5.74) is 2.04. The largest absolute Gasteiger partial charge is 0.357 e. The molecule has 5 nitrogen and oxygen atoms in total. The van der Waals surface area contributed by atoms with E-state index in [9.17, 15) is 13.6 Å². The third kappa shape index (κ3) is 4.91. The van der Waals surface area contributed by atoms with Crippen molar-refractivity contribution >= 4 is 41.5 Å². The van der Waals surface area contributed by atoms with E-state index in [0.717, 1.165) is 11.3 Å². The highest BCUT2D eigenvalue weighted by Gasteiger charge is 2.42. The molecule has 2 aromatic carbocycles. The Morgan fingerprint density at radius 1 is 1.17 bits per heavy atom. The molecule has 0 saturated heterocycles. The lowest BCUT2D eigenvalue weighted by Crippen LogP contribution is -2.39. The number of benzene rings is 2. The van der Waals surface area contributed by atoms with Crippen LogP contribution in [0.15, 0.2) is 47.5 Å². The number of carbonyl (C=O) groups excluding carboxylic acids is 1. The van der Waals surface area contributed by atoms with E-state index in [1.807, 2.05) is 31.2 Å². The molecule has 0 aromatic heterocycles. The van der Waals surface area contributed by atoms with E-state index in [2.05, 4.69) is 20.9 Å². The number of aliphatic imine (C=N–C) groups is 1. The van der Waals surface area contributed by atoms with Gasteiger partial charge < -0.3 is 16.0 Å². The Morgan fingerprint density at radius 2 is 1.90 bits per heavy atom. The van der Waals surface area contributed by atoms with Gasteiger partial charge in [-0.15, -0.1) is 24.0 Å². The molecule has 1 heterocycles. The molecule has 0 spiro atoms. The SMILES string of the molecule is CCNC(=NCC1CC(=O)Nc2ccccc21)NC1CC1c1c(F)cccc1F.I. The second-order valence-electron chi connectivity index (χ2n) is 7.48. The fraction of sp³-hybridized carbons (Fsp3) is 0.364. The maximum atomic E-state index is 14.0. The summed E-state index contributed by atoms with van der Waals surface area (Å²) in [6.07, 6.45) is 1.03. The van der Waals surface area contributed by atoms with Crippen molar-refractivity contribution in [3.8, 4) is 0 Å². The smallest absolute Gasteiger partial charge is 0.225 e. The van der Waals surface area contributed by atoms with E-state index in [1.165, 1.54) is 18.2 Å². The van der Waals surface area contributed by atoms with Crippen molar-refractivity contribution in [2.75, 3.05) is 18.4 Å². The summed E-state index contributed by atoms with van der Waals surface area (Å²) in [6.45, 7) is 3.08. The standard InChI is InChI=1S/C22H24F2N4O.HI/c1-2-25-22(28-19-11-15(19)21-16(23)7-5-8-17(21)24)26-12-13-10-20(29)27-18-9-4-3-6-14(13)18;/h3-9,13,15,19H,2,10-12H2,1H3,(H,27,29)(H2,25,26,28);1H. The Hall–Kier alpha value is -2.23. The molecule has 1 aliphatic carbocycles. The fourth-order valence-electron chi connectivity index (χ4n) is 3.90. The molecule has 3 atom stereocenters. The summed E-state index contributed by atoms with van der Waals surface area (Å²) in [7, 11) is 0. The van der Waals surface area contributed by atoms with Crippen molar-refractivity contribution < 1.29 is 13.6 Å². The number of nitrogens with one attached hydrogen (secondary N) is 3. The van der Waals surface area contributed by atoms with Gasteiger partial charge in [-0.2, -0.15) is 0 Å². The van der Waals surface area contributed by atoms with Crippen LogP contribution in [0.2, 0.25) is 0 Å². The van der Waals surface area contributed by atoms with Crippen molar-refractivity contribution in [3.05, 3.63) is 65.2 Å². The summed E-state index contributed by atoms with van der Waals surface area (Å²) in [4.78, 5) is 16.6. The third-order valence-electron chi connectivity index (χ3n) is 5.40. The molecule has 1 saturated carbocycles. The van der Waals surface area contributed by atoms with Gasteiger partial charge in [0.25, 0.3) is 0 Å². The van der Waals surface area contributed by atoms with Gasteiger partial charge in [0.05, 0.1) is 6.54 Å². The van der Waals surface area contributed by atoms with Crippen LogP contribution in [0.1, 0.15) is 42.7 Å². The lowest BCUT2D eigenvalue weighted by molar-refractivity contribution is -0.116. The van der Waals surface area contributed by atoms with E-state index in [4.69, 9.17) is 0 Å². The zero-order chi connectivity index (χ0) is 20.4. The average Bonchev–Trinajstić information content (AvgIpc) is 3.44. The topological polar surface area (TPSA) is 65.5 Å². The van der Waals surface area contributed by atoms with Crippen molar-refractivity contribution in [1.29, 1.82) is 0 Å². The normalized spacial score (nSPS) is 22.4. The molecule has 0 bridgehead atoms. The molecule has 2 aliphatic rings. The number of para-hydroxylation sites is 1. The first-order valence-electron chi connectivity index (χ1n) is 9.94. The Balaban J connectivity index is 0.00000256. The van der Waals surface area contributed by atoms with Crippen LogP contribution in [0, 0.1) is 11.6 Å². The maximum Gasteiger partial charge on any atom is 0.225 e. The second-order valence-corrected chi connectivity index (χ2v) is 7.48. The Labute approximate surface area is 191 Å². The summed E-state index contributed by atoms with van der Waals surface area (Å²) < 4.78 is 28.0. The maximum absolute atomic E-state index is 14.0. The quantitative estimate of drug-likeness (QED) is 0.312. The number of hydrogen-bond acceptors (Lipinski definition) is 2. The predicted molar refractivity (Wildman–Crippen MR) is 124 cm³/mol. The number of rotatable bonds is 5. The molecule has 160 valence electrons. The van der Waals surface area contributed by atoms with Gasteiger partial charge in [-0.25, -0.2) is 8.78 Å². The number of hydrogen-bond donors (Lipinski definition) is 3. The number of nitrogens with zero attached hydrogens (tertiary/aromatic N) is 1. The van der Waals surface area contributed by atoms with Gasteiger partial charge in [-0.05, 0) is 37.1 Å². The molecule has 8 heteroatoms. The zero-order valence-electron chi connectivity index (χ0n) is 16.6. The number of guanidine groups is 1. The van der Waals surface area contributed by atoms with E-state index in [0.29, 0.717) is 31.9 Å². The van der Waals surface area contributed by atoms with Crippen LogP contribution in [0.5, 0.6) is 0 Å². The number of carbonyl (C=O) groups is 1. The molecule has 3 N–H and O–H groups in total. The number of fused-ring (bicyclic) bond motifs is 1. The predicted octanol–water partition coefficient (Wildman–Crippen LogP) is 4.12. The minimum absolute atomic E-state index is 0. The minimum atomic E-state index is -0.508. The molecule has 1 fully saturated rings. The number of anilines is 1. The van der Waals surface area contributed by atoms with E-state index >= 15 is 0 Å². The molecule has 30 heavy (non-hydrogen) atoms. The van der Waals surface area contributed by atoms with Crippen molar-refractivity contribution in [2.45, 2.75) is 37.6 Å². The van der Waals surface area contributed by atoms with Gasteiger partial charge in [0.15, 0.2) is 5.96 Å². The van der Waals surface area contributed by atoms with Gasteiger partial charge in [0.1, 0.15) is 11.6 Å². The van der Waals surface area contributed by atoms with Crippen LogP contribution >= 0.6 is 24.0 Å². The Bertz CT molecular complexity index is 932. The highest BCUT2D eigenvalue weighted by atomic mass is 127. The Kier molecular flexibility index (Phi) is 7.27. The van der Waals surface area contributed by atoms with Crippen LogP contribution in [0.3, 0.4) is 0 Å². The first-order valence-corrected chi connectivity index (χ1v) is 9.94. The van der Waals surface area contributed by atoms with E-state index < -0.39 is 11.6 Å². The molecular formula is C22H25F2IN4O. The first kappa shape index (κ1) is 22.5. The summed E-state index contributed by atoms with van der Waals surface area (Å²) >= 11 is 0. The van der Waals surface area contributed by atoms with Crippen LogP contribution in [0.25, 0.3) is 0 Å². The second kappa shape index (κ2) is 9.72. The molecule has 2 aromatic rings. The molecule has 1 amide bonds. The molecule has 4 rings (SSSR count). The lowest BCUT2D eigenvalue weighted by Gasteiger charge is -2.24. The average molecular weight is 526 g/mol. The van der Waals surface area contributed by atoms with Crippen molar-refractivity contribution in [2.24, 2.45) is 4.99 Å². The van der Waals surface area contributed by atoms with Crippen LogP contribution in [0.4, 0.5) is 14.5 Å². The molecule has 1 aliphatic heterocycles. The van der Waals surface area contributed by atoms with Crippen LogP contribution < -0.4 is 16.0 Å². The number of amides is 1. The molecule has 3 unspecified atom stereocenters. The summed E-state index contributed by atoms with van der Waals surface area (Å²) in [5, 5.41) is 9.35. The third-order valence-corrected chi connectivity index (χ3v) is 5.40. The van der Waals surface area contributed by atoms with Gasteiger partial charge in [-0.3, -0.25) is 9.79 Å². The van der Waals surface area contributed by atoms with Gasteiger partial charge >= 0.3 is 0 Å². The van der Waals surface area contributed by atoms with Gasteiger partial charge in [0, 0.05) is 42.1 Å². The van der Waals surface area contributed by atoms with E-state index in [1.54, 1.807) is 0 Å². The molecular weight excluding hydrogens is 501 g/mol. The Morgan fingerprint density at radius 3 is 2.63 bits per heavy atom. The zero-order valence-corrected chi connectivity index (χ0v) is 19.0. The van der Waals surface area contributed by atoms with Crippen molar-refractivity contribution in [3.63, 3.8) is 0 Å². The monoisotopic (exact) mass is 526 g/mol. The number of halogens is 3. The van der Waals surface area contributed by atoms with Crippen LogP contribution in [-0.4, -0.2) is 31.0 Å². The molecule has 0 radical (unpaired) electrons. The van der Waals surface area contributed by atoms with Crippen molar-refractivity contribution in [1.82, 2.24) is 10.6 Å². The van der Waals surface area contributed by atoms with Crippen LogP contribution in [-0.2, 0) is 4.79 Å². The minimum Gasteiger partial charge on any atom is -0.357 e. The van der Waals surface area contributed by atoms with Gasteiger partial charge in [-0.1, -0.05) is 24.3 Å². The highest BCUT2D eigenvalue weighted by Crippen LogP contribution is 2.43. The van der Waals surface area contributed by atoms with E-state index in [-0.39, 0.29) is 53.3 Å².